The molecule has 3 heteroatoms. The predicted octanol–water partition coefficient (Wildman–Crippen LogP) is 4.15. The maximum absolute atomic E-state index is 12.4. The summed E-state index contributed by atoms with van der Waals surface area (Å²) in [4.78, 5) is 12.4. The Bertz CT molecular complexity index is 478. The van der Waals surface area contributed by atoms with Crippen LogP contribution in [0.2, 0.25) is 0 Å². The molecule has 1 aromatic rings. The van der Waals surface area contributed by atoms with Gasteiger partial charge in [-0.3, -0.25) is 4.79 Å². The third kappa shape index (κ3) is 3.99. The first-order valence-corrected chi connectivity index (χ1v) is 8.10. The number of hydrogen-bond acceptors (Lipinski definition) is 2. The summed E-state index contributed by atoms with van der Waals surface area (Å²) in [5, 5.41) is 3.24. The summed E-state index contributed by atoms with van der Waals surface area (Å²) in [7, 11) is 1.68. The lowest BCUT2D eigenvalue weighted by atomic mass is 9.88. The molecular formula is C18H27NO2. The number of amides is 1. The lowest BCUT2D eigenvalue weighted by Gasteiger charge is -2.25. The number of benzene rings is 1. The third-order valence-electron chi connectivity index (χ3n) is 4.52. The Labute approximate surface area is 128 Å². The first-order chi connectivity index (χ1) is 10.2. The number of carbonyl (C=O) groups is 1. The Morgan fingerprint density at radius 3 is 2.62 bits per heavy atom. The normalized spacial score (nSPS) is 17.3. The highest BCUT2D eigenvalue weighted by Crippen LogP contribution is 2.27. The molecule has 0 spiro atoms. The van der Waals surface area contributed by atoms with Crippen molar-refractivity contribution in [3.63, 3.8) is 0 Å². The highest BCUT2D eigenvalue weighted by atomic mass is 16.5. The average Bonchev–Trinajstić information content (AvgIpc) is 2.53. The van der Waals surface area contributed by atoms with Crippen molar-refractivity contribution in [3.8, 4) is 5.75 Å². The molecule has 0 unspecified atom stereocenters. The average molecular weight is 289 g/mol. The fraction of sp³-hybridized carbons (Fsp3) is 0.611. The zero-order valence-electron chi connectivity index (χ0n) is 13.4. The van der Waals surface area contributed by atoms with Gasteiger partial charge in [0.15, 0.2) is 0 Å². The van der Waals surface area contributed by atoms with E-state index in [0.29, 0.717) is 0 Å². The maximum Gasteiger partial charge on any atom is 0.223 e. The molecule has 0 bridgehead atoms. The molecule has 0 aliphatic heterocycles. The van der Waals surface area contributed by atoms with E-state index in [9.17, 15) is 4.79 Å². The van der Waals surface area contributed by atoms with E-state index in [1.54, 1.807) is 7.11 Å². The summed E-state index contributed by atoms with van der Waals surface area (Å²) in [6.45, 7) is 4.16. The number of methoxy groups -OCH3 is 1. The van der Waals surface area contributed by atoms with Crippen LogP contribution in [-0.4, -0.2) is 13.0 Å². The van der Waals surface area contributed by atoms with E-state index in [2.05, 4.69) is 24.4 Å². The van der Waals surface area contributed by atoms with Crippen molar-refractivity contribution in [2.45, 2.75) is 58.4 Å². The summed E-state index contributed by atoms with van der Waals surface area (Å²) >= 11 is 0. The minimum atomic E-state index is 0.101. The monoisotopic (exact) mass is 289 g/mol. The molecular weight excluding hydrogens is 262 g/mol. The zero-order valence-corrected chi connectivity index (χ0v) is 13.4. The van der Waals surface area contributed by atoms with Crippen molar-refractivity contribution in [3.05, 3.63) is 29.3 Å². The molecule has 1 aliphatic carbocycles. The van der Waals surface area contributed by atoms with Gasteiger partial charge in [-0.05, 0) is 43.4 Å². The summed E-state index contributed by atoms with van der Waals surface area (Å²) in [6.07, 6.45) is 6.66. The molecule has 116 valence electrons. The van der Waals surface area contributed by atoms with Crippen LogP contribution in [0.1, 0.15) is 62.6 Å². The van der Waals surface area contributed by atoms with Gasteiger partial charge in [-0.2, -0.15) is 0 Å². The van der Waals surface area contributed by atoms with Crippen LogP contribution in [0.4, 0.5) is 0 Å². The number of aryl methyl sites for hydroxylation is 1. The first-order valence-electron chi connectivity index (χ1n) is 8.10. The first kappa shape index (κ1) is 15.9. The fourth-order valence-corrected chi connectivity index (χ4v) is 3.19. The Morgan fingerprint density at radius 1 is 1.33 bits per heavy atom. The summed E-state index contributed by atoms with van der Waals surface area (Å²) in [5.41, 5.74) is 2.28. The smallest absolute Gasteiger partial charge is 0.223 e. The van der Waals surface area contributed by atoms with Crippen LogP contribution in [0.5, 0.6) is 5.75 Å². The van der Waals surface area contributed by atoms with Crippen LogP contribution in [0, 0.1) is 12.8 Å². The van der Waals surface area contributed by atoms with E-state index in [-0.39, 0.29) is 17.9 Å². The van der Waals surface area contributed by atoms with Crippen molar-refractivity contribution >= 4 is 5.91 Å². The van der Waals surface area contributed by atoms with Gasteiger partial charge in [0, 0.05) is 5.92 Å². The van der Waals surface area contributed by atoms with Gasteiger partial charge < -0.3 is 10.1 Å². The Balaban J connectivity index is 2.05. The highest BCUT2D eigenvalue weighted by Gasteiger charge is 2.23. The molecule has 0 heterocycles. The quantitative estimate of drug-likeness (QED) is 0.884. The molecule has 1 N–H and O–H groups in total. The largest absolute Gasteiger partial charge is 0.496 e. The topological polar surface area (TPSA) is 38.3 Å². The third-order valence-corrected chi connectivity index (χ3v) is 4.52. The minimum absolute atomic E-state index is 0.101. The highest BCUT2D eigenvalue weighted by molar-refractivity contribution is 5.79. The van der Waals surface area contributed by atoms with Gasteiger partial charge in [0.25, 0.3) is 0 Å². The van der Waals surface area contributed by atoms with E-state index >= 15 is 0 Å². The van der Waals surface area contributed by atoms with Gasteiger partial charge in [-0.25, -0.2) is 0 Å². The van der Waals surface area contributed by atoms with Gasteiger partial charge in [-0.15, -0.1) is 0 Å². The molecule has 0 saturated heterocycles. The number of ether oxygens (including phenoxy) is 1. The second-order valence-electron chi connectivity index (χ2n) is 6.03. The zero-order chi connectivity index (χ0) is 15.2. The van der Waals surface area contributed by atoms with Crippen molar-refractivity contribution in [2.24, 2.45) is 5.92 Å². The standard InChI is InChI=1S/C18H27NO2/c1-4-16(15-10-11-17(21-3)13(2)12-15)19-18(20)14-8-6-5-7-9-14/h10-12,14,16H,4-9H2,1-3H3,(H,19,20)/t16-/m1/s1. The second-order valence-corrected chi connectivity index (χ2v) is 6.03. The van der Waals surface area contributed by atoms with Crippen molar-refractivity contribution in [1.29, 1.82) is 0 Å². The number of carbonyl (C=O) groups excluding carboxylic acids is 1. The van der Waals surface area contributed by atoms with Gasteiger partial charge in [0.05, 0.1) is 13.2 Å². The summed E-state index contributed by atoms with van der Waals surface area (Å²) in [5.74, 6) is 1.34. The fourth-order valence-electron chi connectivity index (χ4n) is 3.19. The molecule has 0 radical (unpaired) electrons. The molecule has 1 amide bonds. The van der Waals surface area contributed by atoms with E-state index in [0.717, 1.165) is 30.6 Å². The van der Waals surface area contributed by atoms with Crippen LogP contribution < -0.4 is 10.1 Å². The molecule has 0 aromatic heterocycles. The van der Waals surface area contributed by atoms with E-state index in [1.807, 2.05) is 13.0 Å². The van der Waals surface area contributed by atoms with Crippen LogP contribution in [-0.2, 0) is 4.79 Å². The SMILES string of the molecule is CC[C@@H](NC(=O)C1CCCCC1)c1ccc(OC)c(C)c1. The summed E-state index contributed by atoms with van der Waals surface area (Å²) in [6, 6.07) is 6.26. The Hall–Kier alpha value is -1.51. The van der Waals surface area contributed by atoms with Crippen molar-refractivity contribution in [1.82, 2.24) is 5.32 Å². The van der Waals surface area contributed by atoms with E-state index in [4.69, 9.17) is 4.74 Å². The van der Waals surface area contributed by atoms with Crippen molar-refractivity contribution < 1.29 is 9.53 Å². The molecule has 1 aliphatic rings. The molecule has 21 heavy (non-hydrogen) atoms. The molecule has 1 aromatic carbocycles. The maximum atomic E-state index is 12.4. The molecule has 1 atom stereocenters. The van der Waals surface area contributed by atoms with Crippen LogP contribution >= 0.6 is 0 Å². The van der Waals surface area contributed by atoms with Gasteiger partial charge in [0.1, 0.15) is 5.75 Å². The second kappa shape index (κ2) is 7.48. The van der Waals surface area contributed by atoms with E-state index < -0.39 is 0 Å². The Kier molecular flexibility index (Phi) is 5.66. The molecule has 1 saturated carbocycles. The molecule has 2 rings (SSSR count). The molecule has 3 nitrogen and oxygen atoms in total. The van der Waals surface area contributed by atoms with Gasteiger partial charge >= 0.3 is 0 Å². The molecule has 1 fully saturated rings. The number of nitrogens with one attached hydrogen (secondary N) is 1. The lowest BCUT2D eigenvalue weighted by Crippen LogP contribution is -2.34. The van der Waals surface area contributed by atoms with Crippen LogP contribution in [0.3, 0.4) is 0 Å². The van der Waals surface area contributed by atoms with Gasteiger partial charge in [0.2, 0.25) is 5.91 Å². The van der Waals surface area contributed by atoms with Crippen LogP contribution in [0.15, 0.2) is 18.2 Å². The predicted molar refractivity (Wildman–Crippen MR) is 85.5 cm³/mol. The van der Waals surface area contributed by atoms with Gasteiger partial charge in [-0.1, -0.05) is 38.3 Å². The Morgan fingerprint density at radius 2 is 2.05 bits per heavy atom. The lowest BCUT2D eigenvalue weighted by molar-refractivity contribution is -0.126. The van der Waals surface area contributed by atoms with Crippen molar-refractivity contribution in [2.75, 3.05) is 7.11 Å². The minimum Gasteiger partial charge on any atom is -0.496 e. The number of hydrogen-bond donors (Lipinski definition) is 1. The van der Waals surface area contributed by atoms with E-state index in [1.165, 1.54) is 24.8 Å². The number of rotatable bonds is 5. The van der Waals surface area contributed by atoms with Crippen LogP contribution in [0.25, 0.3) is 0 Å². The summed E-state index contributed by atoms with van der Waals surface area (Å²) < 4.78 is 5.30.